The first-order chi connectivity index (χ1) is 8.79. The van der Waals surface area contributed by atoms with E-state index in [2.05, 4.69) is 36.1 Å². The molecule has 0 aromatic heterocycles. The van der Waals surface area contributed by atoms with E-state index in [1.54, 1.807) is 0 Å². The molecule has 0 amide bonds. The lowest BCUT2D eigenvalue weighted by molar-refractivity contribution is 0.0783. The molecule has 0 radical (unpaired) electrons. The first-order valence-corrected chi connectivity index (χ1v) is 7.31. The average molecular weight is 245 g/mol. The summed E-state index contributed by atoms with van der Waals surface area (Å²) in [6.45, 7) is 2.92. The number of benzene rings is 1. The van der Waals surface area contributed by atoms with Crippen molar-refractivity contribution in [3.63, 3.8) is 0 Å². The van der Waals surface area contributed by atoms with Gasteiger partial charge in [-0.1, -0.05) is 31.2 Å². The predicted octanol–water partition coefficient (Wildman–Crippen LogP) is 2.91. The Bertz CT molecular complexity index is 413. The van der Waals surface area contributed by atoms with Crippen LogP contribution in [0.5, 0.6) is 0 Å². The molecule has 18 heavy (non-hydrogen) atoms. The second kappa shape index (κ2) is 5.02. The number of aliphatic hydroxyl groups excluding tert-OH is 1. The molecule has 1 N–H and O–H groups in total. The second-order valence-electron chi connectivity index (χ2n) is 5.74. The molecular formula is C16H23NO. The van der Waals surface area contributed by atoms with Gasteiger partial charge in [-0.05, 0) is 43.2 Å². The first kappa shape index (κ1) is 12.2. The average Bonchev–Trinajstić information content (AvgIpc) is 3.15. The summed E-state index contributed by atoms with van der Waals surface area (Å²) in [5.74, 6) is 0. The summed E-state index contributed by atoms with van der Waals surface area (Å²) in [5.41, 5.74) is 3.02. The van der Waals surface area contributed by atoms with Gasteiger partial charge in [0.15, 0.2) is 0 Å². The van der Waals surface area contributed by atoms with Crippen molar-refractivity contribution in [3.8, 4) is 0 Å². The molecule has 1 aromatic rings. The lowest BCUT2D eigenvalue weighted by Gasteiger charge is -2.31. The zero-order valence-corrected chi connectivity index (χ0v) is 11.2. The van der Waals surface area contributed by atoms with E-state index in [0.29, 0.717) is 6.04 Å². The van der Waals surface area contributed by atoms with Gasteiger partial charge in [-0.25, -0.2) is 0 Å². The Kier molecular flexibility index (Phi) is 3.40. The van der Waals surface area contributed by atoms with Crippen LogP contribution in [-0.2, 0) is 6.42 Å². The second-order valence-corrected chi connectivity index (χ2v) is 5.74. The molecule has 0 heterocycles. The lowest BCUT2D eigenvalue weighted by atomic mass is 10.1. The summed E-state index contributed by atoms with van der Waals surface area (Å²) in [6, 6.07) is 10.1. The zero-order valence-electron chi connectivity index (χ0n) is 11.2. The van der Waals surface area contributed by atoms with Crippen LogP contribution in [0.1, 0.15) is 49.8 Å². The van der Waals surface area contributed by atoms with E-state index in [9.17, 15) is 5.11 Å². The molecule has 0 saturated heterocycles. The number of aryl methyl sites for hydroxylation is 1. The topological polar surface area (TPSA) is 23.5 Å². The summed E-state index contributed by atoms with van der Waals surface area (Å²) in [4.78, 5) is 2.57. The van der Waals surface area contributed by atoms with E-state index in [1.165, 1.54) is 36.8 Å². The van der Waals surface area contributed by atoms with Crippen molar-refractivity contribution in [1.82, 2.24) is 4.90 Å². The standard InChI is InChI=1S/C16H23NO/c1-2-14(18)11-17(13-8-9-13)16-10-7-12-5-3-4-6-15(12)16/h3-6,13-14,16,18H,2,7-11H2,1H3. The maximum Gasteiger partial charge on any atom is 0.0664 e. The van der Waals surface area contributed by atoms with Crippen molar-refractivity contribution in [3.05, 3.63) is 35.4 Å². The Hall–Kier alpha value is -0.860. The number of aliphatic hydroxyl groups is 1. The Morgan fingerprint density at radius 2 is 2.06 bits per heavy atom. The fourth-order valence-electron chi connectivity index (χ4n) is 3.19. The Balaban J connectivity index is 1.79. The number of fused-ring (bicyclic) bond motifs is 1. The quantitative estimate of drug-likeness (QED) is 0.862. The van der Waals surface area contributed by atoms with E-state index in [1.807, 2.05) is 0 Å². The highest BCUT2D eigenvalue weighted by molar-refractivity contribution is 5.34. The molecule has 1 fully saturated rings. The van der Waals surface area contributed by atoms with Crippen LogP contribution < -0.4 is 0 Å². The van der Waals surface area contributed by atoms with E-state index in [-0.39, 0.29) is 6.10 Å². The van der Waals surface area contributed by atoms with Gasteiger partial charge in [0.25, 0.3) is 0 Å². The molecular weight excluding hydrogens is 222 g/mol. The fraction of sp³-hybridized carbons (Fsp3) is 0.625. The summed E-state index contributed by atoms with van der Waals surface area (Å²) in [7, 11) is 0. The highest BCUT2D eigenvalue weighted by Gasteiger charge is 2.37. The van der Waals surface area contributed by atoms with Crippen molar-refractivity contribution < 1.29 is 5.11 Å². The smallest absolute Gasteiger partial charge is 0.0664 e. The zero-order chi connectivity index (χ0) is 12.5. The third-order valence-electron chi connectivity index (χ3n) is 4.41. The van der Waals surface area contributed by atoms with Gasteiger partial charge >= 0.3 is 0 Å². The number of hydrogen-bond donors (Lipinski definition) is 1. The van der Waals surface area contributed by atoms with Crippen LogP contribution in [0.3, 0.4) is 0 Å². The monoisotopic (exact) mass is 245 g/mol. The number of nitrogens with zero attached hydrogens (tertiary/aromatic N) is 1. The van der Waals surface area contributed by atoms with Gasteiger partial charge in [-0.3, -0.25) is 4.90 Å². The molecule has 0 bridgehead atoms. The van der Waals surface area contributed by atoms with Gasteiger partial charge in [0.1, 0.15) is 0 Å². The Labute approximate surface area is 110 Å². The summed E-state index contributed by atoms with van der Waals surface area (Å²) < 4.78 is 0. The van der Waals surface area contributed by atoms with E-state index < -0.39 is 0 Å². The molecule has 2 heteroatoms. The van der Waals surface area contributed by atoms with Gasteiger partial charge < -0.3 is 5.11 Å². The van der Waals surface area contributed by atoms with Crippen molar-refractivity contribution >= 4 is 0 Å². The highest BCUT2D eigenvalue weighted by Crippen LogP contribution is 2.41. The number of hydrogen-bond acceptors (Lipinski definition) is 2. The van der Waals surface area contributed by atoms with Gasteiger partial charge in [0.05, 0.1) is 6.10 Å². The molecule has 98 valence electrons. The molecule has 0 spiro atoms. The van der Waals surface area contributed by atoms with Crippen LogP contribution in [0.4, 0.5) is 0 Å². The summed E-state index contributed by atoms with van der Waals surface area (Å²) in [5, 5.41) is 9.97. The van der Waals surface area contributed by atoms with Crippen molar-refractivity contribution in [2.45, 2.75) is 57.2 Å². The number of rotatable bonds is 5. The van der Waals surface area contributed by atoms with Crippen LogP contribution in [0.2, 0.25) is 0 Å². The first-order valence-electron chi connectivity index (χ1n) is 7.31. The normalized spacial score (nSPS) is 24.3. The molecule has 2 unspecified atom stereocenters. The minimum atomic E-state index is -0.168. The van der Waals surface area contributed by atoms with Crippen molar-refractivity contribution in [2.75, 3.05) is 6.54 Å². The van der Waals surface area contributed by atoms with Crippen LogP contribution in [-0.4, -0.2) is 28.7 Å². The minimum Gasteiger partial charge on any atom is -0.392 e. The van der Waals surface area contributed by atoms with Gasteiger partial charge in [-0.15, -0.1) is 0 Å². The molecule has 2 aliphatic carbocycles. The molecule has 3 rings (SSSR count). The Morgan fingerprint density at radius 3 is 2.78 bits per heavy atom. The third-order valence-corrected chi connectivity index (χ3v) is 4.41. The van der Waals surface area contributed by atoms with Crippen LogP contribution in [0, 0.1) is 0 Å². The maximum atomic E-state index is 9.97. The molecule has 0 aliphatic heterocycles. The minimum absolute atomic E-state index is 0.168. The molecule has 1 aromatic carbocycles. The van der Waals surface area contributed by atoms with Crippen LogP contribution in [0.25, 0.3) is 0 Å². The summed E-state index contributed by atoms with van der Waals surface area (Å²) in [6.07, 6.45) is 5.75. The molecule has 2 nitrogen and oxygen atoms in total. The van der Waals surface area contributed by atoms with E-state index in [4.69, 9.17) is 0 Å². The molecule has 2 atom stereocenters. The fourth-order valence-corrected chi connectivity index (χ4v) is 3.19. The van der Waals surface area contributed by atoms with E-state index in [0.717, 1.165) is 19.0 Å². The Morgan fingerprint density at radius 1 is 1.28 bits per heavy atom. The highest BCUT2D eigenvalue weighted by atomic mass is 16.3. The SMILES string of the molecule is CCC(O)CN(C1CC1)C1CCc2ccccc21. The molecule has 1 saturated carbocycles. The summed E-state index contributed by atoms with van der Waals surface area (Å²) >= 11 is 0. The van der Waals surface area contributed by atoms with Crippen LogP contribution in [0.15, 0.2) is 24.3 Å². The van der Waals surface area contributed by atoms with Crippen molar-refractivity contribution in [2.24, 2.45) is 0 Å². The third kappa shape index (κ3) is 2.32. The van der Waals surface area contributed by atoms with E-state index >= 15 is 0 Å². The predicted molar refractivity (Wildman–Crippen MR) is 73.5 cm³/mol. The van der Waals surface area contributed by atoms with Crippen molar-refractivity contribution in [1.29, 1.82) is 0 Å². The van der Waals surface area contributed by atoms with Crippen LogP contribution >= 0.6 is 0 Å². The van der Waals surface area contributed by atoms with Gasteiger partial charge in [0.2, 0.25) is 0 Å². The molecule has 2 aliphatic rings. The maximum absolute atomic E-state index is 9.97. The van der Waals surface area contributed by atoms with Gasteiger partial charge in [-0.2, -0.15) is 0 Å². The largest absolute Gasteiger partial charge is 0.392 e. The van der Waals surface area contributed by atoms with Gasteiger partial charge in [0, 0.05) is 18.6 Å². The lowest BCUT2D eigenvalue weighted by Crippen LogP contribution is -2.36.